The van der Waals surface area contributed by atoms with Crippen molar-refractivity contribution < 1.29 is 4.79 Å². The van der Waals surface area contributed by atoms with Crippen LogP contribution in [0.15, 0.2) is 33.6 Å². The molecule has 1 aromatic rings. The van der Waals surface area contributed by atoms with Crippen molar-refractivity contribution in [1.29, 1.82) is 0 Å². The van der Waals surface area contributed by atoms with Crippen LogP contribution in [-0.2, 0) is 4.79 Å². The molecule has 2 N–H and O–H groups in total. The molecule has 1 amide bonds. The summed E-state index contributed by atoms with van der Waals surface area (Å²) in [5, 5.41) is 6.64. The second-order valence-corrected chi connectivity index (χ2v) is 7.76. The number of hydrogen-bond acceptors (Lipinski definition) is 3. The van der Waals surface area contributed by atoms with Crippen LogP contribution in [0, 0.1) is 11.8 Å². The van der Waals surface area contributed by atoms with E-state index in [1.54, 1.807) is 11.8 Å². The van der Waals surface area contributed by atoms with Crippen molar-refractivity contribution in [3.63, 3.8) is 0 Å². The number of amides is 1. The topological polar surface area (TPSA) is 41.1 Å². The maximum absolute atomic E-state index is 12.0. The van der Waals surface area contributed by atoms with Gasteiger partial charge in [0.05, 0.1) is 0 Å². The fourth-order valence-electron chi connectivity index (χ4n) is 2.07. The molecule has 0 radical (unpaired) electrons. The van der Waals surface area contributed by atoms with E-state index in [2.05, 4.69) is 45.6 Å². The predicted octanol–water partition coefficient (Wildman–Crippen LogP) is 2.90. The van der Waals surface area contributed by atoms with Gasteiger partial charge in [0.1, 0.15) is 0 Å². The van der Waals surface area contributed by atoms with Gasteiger partial charge in [0.2, 0.25) is 5.91 Å². The molecule has 0 bridgehead atoms. The van der Waals surface area contributed by atoms with Crippen molar-refractivity contribution in [2.45, 2.75) is 24.0 Å². The highest BCUT2D eigenvalue weighted by atomic mass is 79.9. The monoisotopic (exact) mass is 356 g/mol. The fraction of sp³-hybridized carbons (Fsp3) is 0.533. The largest absolute Gasteiger partial charge is 0.355 e. The summed E-state index contributed by atoms with van der Waals surface area (Å²) in [5.41, 5.74) is 0. The molecule has 0 aliphatic carbocycles. The third-order valence-corrected chi connectivity index (χ3v) is 5.29. The van der Waals surface area contributed by atoms with Crippen LogP contribution in [0.2, 0.25) is 0 Å². The Morgan fingerprint density at radius 2 is 2.05 bits per heavy atom. The Morgan fingerprint density at radius 3 is 2.60 bits per heavy atom. The van der Waals surface area contributed by atoms with E-state index in [1.807, 2.05) is 19.1 Å². The number of carbonyl (C=O) groups excluding carboxylic acids is 1. The molecule has 20 heavy (non-hydrogen) atoms. The molecule has 1 aliphatic heterocycles. The molecule has 1 aliphatic rings. The Hall–Kier alpha value is -0.520. The van der Waals surface area contributed by atoms with E-state index in [0.29, 0.717) is 17.7 Å². The highest BCUT2D eigenvalue weighted by molar-refractivity contribution is 9.10. The Kier molecular flexibility index (Phi) is 5.93. The first kappa shape index (κ1) is 15.9. The van der Waals surface area contributed by atoms with Gasteiger partial charge in [-0.2, -0.15) is 0 Å². The van der Waals surface area contributed by atoms with E-state index in [9.17, 15) is 4.79 Å². The van der Waals surface area contributed by atoms with E-state index >= 15 is 0 Å². The molecule has 110 valence electrons. The second kappa shape index (κ2) is 7.48. The van der Waals surface area contributed by atoms with Crippen LogP contribution >= 0.6 is 27.7 Å². The van der Waals surface area contributed by atoms with E-state index in [-0.39, 0.29) is 11.8 Å². The van der Waals surface area contributed by atoms with Gasteiger partial charge in [-0.25, -0.2) is 0 Å². The molecule has 1 heterocycles. The maximum Gasteiger partial charge on any atom is 0.223 e. The van der Waals surface area contributed by atoms with E-state index in [4.69, 9.17) is 0 Å². The molecule has 0 saturated carbocycles. The molecule has 5 heteroatoms. The number of rotatable bonds is 6. The summed E-state index contributed by atoms with van der Waals surface area (Å²) in [6.45, 7) is 6.82. The Balaban J connectivity index is 1.72. The fourth-order valence-corrected chi connectivity index (χ4v) is 3.26. The zero-order chi connectivity index (χ0) is 14.5. The summed E-state index contributed by atoms with van der Waals surface area (Å²) in [6, 6.07) is 8.27. The number of benzene rings is 1. The summed E-state index contributed by atoms with van der Waals surface area (Å²) in [7, 11) is 0. The Morgan fingerprint density at radius 1 is 1.40 bits per heavy atom. The van der Waals surface area contributed by atoms with Gasteiger partial charge in [0.25, 0.3) is 0 Å². The van der Waals surface area contributed by atoms with Crippen molar-refractivity contribution in [2.24, 2.45) is 11.8 Å². The van der Waals surface area contributed by atoms with Crippen LogP contribution in [0.3, 0.4) is 0 Å². The van der Waals surface area contributed by atoms with Gasteiger partial charge in [0.15, 0.2) is 0 Å². The molecule has 1 fully saturated rings. The van der Waals surface area contributed by atoms with Gasteiger partial charge in [-0.3, -0.25) is 4.79 Å². The van der Waals surface area contributed by atoms with E-state index in [1.165, 1.54) is 4.90 Å². The van der Waals surface area contributed by atoms with E-state index in [0.717, 1.165) is 17.6 Å². The SMILES string of the molecule is CC(CNC(=O)C(C)C1CNC1)Sc1ccc(Br)cc1. The van der Waals surface area contributed by atoms with Crippen LogP contribution in [0.4, 0.5) is 0 Å². The molecule has 0 aromatic heterocycles. The molecule has 3 nitrogen and oxygen atoms in total. The summed E-state index contributed by atoms with van der Waals surface area (Å²) in [5.74, 6) is 0.797. The van der Waals surface area contributed by atoms with Gasteiger partial charge in [0, 0.05) is 27.1 Å². The average molecular weight is 357 g/mol. The first-order valence-corrected chi connectivity index (χ1v) is 8.64. The molecule has 2 atom stereocenters. The smallest absolute Gasteiger partial charge is 0.223 e. The van der Waals surface area contributed by atoms with Crippen LogP contribution in [0.1, 0.15) is 13.8 Å². The highest BCUT2D eigenvalue weighted by Crippen LogP contribution is 2.24. The zero-order valence-corrected chi connectivity index (χ0v) is 14.3. The number of carbonyl (C=O) groups is 1. The summed E-state index contributed by atoms with van der Waals surface area (Å²) < 4.78 is 1.09. The lowest BCUT2D eigenvalue weighted by Crippen LogP contribution is -2.50. The molecule has 2 rings (SSSR count). The number of nitrogens with one attached hydrogen (secondary N) is 2. The molecular formula is C15H21BrN2OS. The van der Waals surface area contributed by atoms with Crippen molar-refractivity contribution in [3.05, 3.63) is 28.7 Å². The number of thioether (sulfide) groups is 1. The van der Waals surface area contributed by atoms with Crippen LogP contribution in [-0.4, -0.2) is 30.8 Å². The van der Waals surface area contributed by atoms with Crippen molar-refractivity contribution >= 4 is 33.6 Å². The van der Waals surface area contributed by atoms with Crippen molar-refractivity contribution in [3.8, 4) is 0 Å². The third kappa shape index (κ3) is 4.50. The van der Waals surface area contributed by atoms with Gasteiger partial charge in [-0.05, 0) is 43.3 Å². The van der Waals surface area contributed by atoms with Gasteiger partial charge < -0.3 is 10.6 Å². The minimum atomic E-state index is 0.112. The van der Waals surface area contributed by atoms with Crippen LogP contribution in [0.5, 0.6) is 0 Å². The minimum Gasteiger partial charge on any atom is -0.355 e. The lowest BCUT2D eigenvalue weighted by Gasteiger charge is -2.31. The summed E-state index contributed by atoms with van der Waals surface area (Å²) in [6.07, 6.45) is 0. The number of hydrogen-bond donors (Lipinski definition) is 2. The molecule has 2 unspecified atom stereocenters. The quantitative estimate of drug-likeness (QED) is 0.770. The first-order chi connectivity index (χ1) is 9.56. The zero-order valence-electron chi connectivity index (χ0n) is 11.9. The molecule has 1 saturated heterocycles. The molecule has 1 aromatic carbocycles. The Labute approximate surface area is 133 Å². The first-order valence-electron chi connectivity index (χ1n) is 6.97. The standard InChI is InChI=1S/C15H21BrN2OS/c1-10(20-14-5-3-13(16)4-6-14)7-18-15(19)11(2)12-8-17-9-12/h3-6,10-12,17H,7-9H2,1-2H3,(H,18,19). The van der Waals surface area contributed by atoms with Crippen LogP contribution < -0.4 is 10.6 Å². The predicted molar refractivity (Wildman–Crippen MR) is 88.0 cm³/mol. The van der Waals surface area contributed by atoms with Gasteiger partial charge >= 0.3 is 0 Å². The highest BCUT2D eigenvalue weighted by Gasteiger charge is 2.28. The van der Waals surface area contributed by atoms with Crippen molar-refractivity contribution in [1.82, 2.24) is 10.6 Å². The van der Waals surface area contributed by atoms with E-state index < -0.39 is 0 Å². The summed E-state index contributed by atoms with van der Waals surface area (Å²) in [4.78, 5) is 13.3. The molecular weight excluding hydrogens is 336 g/mol. The van der Waals surface area contributed by atoms with Crippen molar-refractivity contribution in [2.75, 3.05) is 19.6 Å². The van der Waals surface area contributed by atoms with Gasteiger partial charge in [-0.1, -0.05) is 29.8 Å². The molecule has 0 spiro atoms. The Bertz CT molecular complexity index is 448. The lowest BCUT2D eigenvalue weighted by molar-refractivity contribution is -0.126. The van der Waals surface area contributed by atoms with Crippen LogP contribution in [0.25, 0.3) is 0 Å². The maximum atomic E-state index is 12.0. The average Bonchev–Trinajstić information content (AvgIpc) is 2.36. The minimum absolute atomic E-state index is 0.112. The number of halogens is 1. The normalized spacial score (nSPS) is 18.1. The van der Waals surface area contributed by atoms with Gasteiger partial charge in [-0.15, -0.1) is 11.8 Å². The second-order valence-electron chi connectivity index (χ2n) is 5.33. The summed E-state index contributed by atoms with van der Waals surface area (Å²) >= 11 is 5.22. The lowest BCUT2D eigenvalue weighted by atomic mass is 9.88. The third-order valence-electron chi connectivity index (χ3n) is 3.65.